The van der Waals surface area contributed by atoms with Crippen molar-refractivity contribution in [3.05, 3.63) is 99.5 Å². The summed E-state index contributed by atoms with van der Waals surface area (Å²) in [6, 6.07) is 24.8. The molecule has 4 rings (SSSR count). The Kier molecular flexibility index (Phi) is 9.69. The van der Waals surface area contributed by atoms with E-state index in [0.717, 1.165) is 17.3 Å². The van der Waals surface area contributed by atoms with Crippen molar-refractivity contribution in [3.63, 3.8) is 0 Å². The number of amides is 2. The lowest BCUT2D eigenvalue weighted by atomic mass is 9.99. The first-order valence-electron chi connectivity index (χ1n) is 11.4. The second-order valence-corrected chi connectivity index (χ2v) is 10.2. The highest BCUT2D eigenvalue weighted by molar-refractivity contribution is 8.00. The largest absolute Gasteiger partial charge is 0.484 e. The van der Waals surface area contributed by atoms with Crippen LogP contribution >= 0.6 is 46.6 Å². The summed E-state index contributed by atoms with van der Waals surface area (Å²) in [7, 11) is 0. The molecule has 0 radical (unpaired) electrons. The van der Waals surface area contributed by atoms with Crippen molar-refractivity contribution in [2.75, 3.05) is 12.4 Å². The van der Waals surface area contributed by atoms with Crippen molar-refractivity contribution in [1.29, 1.82) is 5.26 Å². The maximum Gasteiger partial charge on any atom is 0.276 e. The van der Waals surface area contributed by atoms with Crippen LogP contribution in [0.15, 0.2) is 83.9 Å². The standard InChI is InChI=1S/C28H19Cl3N4O3S/c29-18-7-5-17(6-8-18)25-13-22(21-3-1-2-4-24(21)31)23(14-32)28(33-25)39-16-27(37)35-34-26(36)15-38-20-11-9-19(30)10-12-20/h1-13H,15-16H2,(H,34,36)(H,35,37). The van der Waals surface area contributed by atoms with Gasteiger partial charge < -0.3 is 4.74 Å². The average Bonchev–Trinajstić information content (AvgIpc) is 2.94. The van der Waals surface area contributed by atoms with Crippen LogP contribution in [0.25, 0.3) is 22.4 Å². The van der Waals surface area contributed by atoms with Crippen LogP contribution in [0.2, 0.25) is 15.1 Å². The van der Waals surface area contributed by atoms with E-state index in [1.807, 2.05) is 24.3 Å². The van der Waals surface area contributed by atoms with Gasteiger partial charge in [-0.15, -0.1) is 0 Å². The number of hydrogen-bond donors (Lipinski definition) is 2. The van der Waals surface area contributed by atoms with Gasteiger partial charge in [0.15, 0.2) is 6.61 Å². The molecule has 11 heteroatoms. The van der Waals surface area contributed by atoms with Gasteiger partial charge in [-0.2, -0.15) is 5.26 Å². The monoisotopic (exact) mass is 596 g/mol. The Bertz CT molecular complexity index is 1540. The Balaban J connectivity index is 1.48. The summed E-state index contributed by atoms with van der Waals surface area (Å²) in [6.45, 7) is -0.306. The molecule has 2 amide bonds. The fourth-order valence-electron chi connectivity index (χ4n) is 3.42. The number of rotatable bonds is 8. The smallest absolute Gasteiger partial charge is 0.276 e. The average molecular weight is 598 g/mol. The number of benzene rings is 3. The first kappa shape index (κ1) is 28.3. The highest BCUT2D eigenvalue weighted by Crippen LogP contribution is 2.37. The number of nitriles is 1. The minimum atomic E-state index is -0.551. The van der Waals surface area contributed by atoms with Crippen molar-refractivity contribution >= 4 is 58.4 Å². The molecule has 0 atom stereocenters. The number of thioether (sulfide) groups is 1. The van der Waals surface area contributed by atoms with E-state index >= 15 is 0 Å². The van der Waals surface area contributed by atoms with E-state index < -0.39 is 11.8 Å². The SMILES string of the molecule is N#Cc1c(-c2ccccc2Cl)cc(-c2ccc(Cl)cc2)nc1SCC(=O)NNC(=O)COc1ccc(Cl)cc1. The normalized spacial score (nSPS) is 10.4. The van der Waals surface area contributed by atoms with E-state index in [0.29, 0.717) is 42.7 Å². The molecule has 39 heavy (non-hydrogen) atoms. The van der Waals surface area contributed by atoms with Crippen molar-refractivity contribution in [2.24, 2.45) is 0 Å². The summed E-state index contributed by atoms with van der Waals surface area (Å²) in [4.78, 5) is 29.2. The minimum Gasteiger partial charge on any atom is -0.484 e. The van der Waals surface area contributed by atoms with Gasteiger partial charge in [-0.3, -0.25) is 20.4 Å². The number of ether oxygens (including phenoxy) is 1. The number of aromatic nitrogens is 1. The van der Waals surface area contributed by atoms with Crippen molar-refractivity contribution < 1.29 is 14.3 Å². The highest BCUT2D eigenvalue weighted by Gasteiger charge is 2.18. The Morgan fingerprint density at radius 2 is 1.51 bits per heavy atom. The number of halogens is 3. The van der Waals surface area contributed by atoms with Crippen LogP contribution in [-0.2, 0) is 9.59 Å². The third kappa shape index (κ3) is 7.65. The zero-order valence-electron chi connectivity index (χ0n) is 20.1. The summed E-state index contributed by atoms with van der Waals surface area (Å²) in [6.07, 6.45) is 0. The number of carbonyl (C=O) groups excluding carboxylic acids is 2. The first-order valence-corrected chi connectivity index (χ1v) is 13.5. The van der Waals surface area contributed by atoms with Crippen molar-refractivity contribution in [2.45, 2.75) is 5.03 Å². The van der Waals surface area contributed by atoms with E-state index in [4.69, 9.17) is 39.5 Å². The molecule has 0 spiro atoms. The summed E-state index contributed by atoms with van der Waals surface area (Å²) < 4.78 is 5.35. The molecule has 0 bridgehead atoms. The fourth-order valence-corrected chi connectivity index (χ4v) is 4.71. The van der Waals surface area contributed by atoms with Gasteiger partial charge in [-0.1, -0.05) is 76.9 Å². The topological polar surface area (TPSA) is 104 Å². The second-order valence-electron chi connectivity index (χ2n) is 7.96. The second kappa shape index (κ2) is 13.4. The van der Waals surface area contributed by atoms with E-state index in [9.17, 15) is 14.9 Å². The maximum absolute atomic E-state index is 12.5. The molecule has 0 saturated heterocycles. The van der Waals surface area contributed by atoms with E-state index in [-0.39, 0.29) is 17.9 Å². The van der Waals surface area contributed by atoms with Crippen molar-refractivity contribution in [3.8, 4) is 34.2 Å². The molecule has 4 aromatic rings. The lowest BCUT2D eigenvalue weighted by Crippen LogP contribution is -2.44. The first-order chi connectivity index (χ1) is 18.8. The quantitative estimate of drug-likeness (QED) is 0.176. The number of carbonyl (C=O) groups is 2. The molecule has 0 aliphatic rings. The lowest BCUT2D eigenvalue weighted by molar-refractivity contribution is -0.128. The number of pyridine rings is 1. The fraction of sp³-hybridized carbons (Fsp3) is 0.0714. The zero-order valence-corrected chi connectivity index (χ0v) is 23.2. The van der Waals surface area contributed by atoms with Crippen LogP contribution in [0.3, 0.4) is 0 Å². The van der Waals surface area contributed by atoms with Gasteiger partial charge in [0.1, 0.15) is 16.8 Å². The highest BCUT2D eigenvalue weighted by atomic mass is 35.5. The van der Waals surface area contributed by atoms with E-state index in [1.165, 1.54) is 0 Å². The number of nitrogens with zero attached hydrogens (tertiary/aromatic N) is 2. The third-order valence-corrected chi connectivity index (χ3v) is 7.08. The van der Waals surface area contributed by atoms with Crippen LogP contribution in [-0.4, -0.2) is 29.2 Å². The maximum atomic E-state index is 12.5. The molecule has 0 aliphatic carbocycles. The molecule has 0 fully saturated rings. The molecule has 1 aromatic heterocycles. The van der Waals surface area contributed by atoms with E-state index in [2.05, 4.69) is 21.9 Å². The van der Waals surface area contributed by atoms with Gasteiger partial charge in [0.05, 0.1) is 17.0 Å². The number of hydrazine groups is 1. The molecular weight excluding hydrogens is 579 g/mol. The summed E-state index contributed by atoms with van der Waals surface area (Å²) in [5.74, 6) is -0.709. The predicted octanol–water partition coefficient (Wildman–Crippen LogP) is 6.57. The van der Waals surface area contributed by atoms with Crippen LogP contribution in [0.4, 0.5) is 0 Å². The van der Waals surface area contributed by atoms with E-state index in [1.54, 1.807) is 54.6 Å². The Morgan fingerprint density at radius 3 is 2.18 bits per heavy atom. The third-order valence-electron chi connectivity index (χ3n) is 5.27. The number of hydrogen-bond acceptors (Lipinski definition) is 6. The van der Waals surface area contributed by atoms with Crippen molar-refractivity contribution in [1.82, 2.24) is 15.8 Å². The lowest BCUT2D eigenvalue weighted by Gasteiger charge is -2.14. The van der Waals surface area contributed by atoms with Gasteiger partial charge >= 0.3 is 0 Å². The van der Waals surface area contributed by atoms with Gasteiger partial charge in [0.2, 0.25) is 5.91 Å². The van der Waals surface area contributed by atoms with Gasteiger partial charge in [0, 0.05) is 31.8 Å². The zero-order chi connectivity index (χ0) is 27.8. The molecule has 0 unspecified atom stereocenters. The number of nitrogens with one attached hydrogen (secondary N) is 2. The molecule has 3 aromatic carbocycles. The Morgan fingerprint density at radius 1 is 0.872 bits per heavy atom. The molecule has 2 N–H and O–H groups in total. The Labute approximate surface area is 244 Å². The molecule has 196 valence electrons. The predicted molar refractivity (Wildman–Crippen MR) is 154 cm³/mol. The molecule has 1 heterocycles. The summed E-state index contributed by atoms with van der Waals surface area (Å²) in [5, 5.41) is 11.9. The molecule has 0 saturated carbocycles. The van der Waals surface area contributed by atoms with Gasteiger partial charge in [-0.25, -0.2) is 4.98 Å². The molecule has 7 nitrogen and oxygen atoms in total. The van der Waals surface area contributed by atoms with Crippen LogP contribution in [0.1, 0.15) is 5.56 Å². The summed E-state index contributed by atoms with van der Waals surface area (Å²) >= 11 is 19.4. The molecular formula is C28H19Cl3N4O3S. The van der Waals surface area contributed by atoms with Crippen LogP contribution in [0, 0.1) is 11.3 Å². The van der Waals surface area contributed by atoms with Crippen LogP contribution in [0.5, 0.6) is 5.75 Å². The summed E-state index contributed by atoms with van der Waals surface area (Å²) in [5.41, 5.74) is 7.51. The van der Waals surface area contributed by atoms with Gasteiger partial charge in [-0.05, 0) is 48.5 Å². The van der Waals surface area contributed by atoms with Crippen LogP contribution < -0.4 is 15.6 Å². The Hall–Kier alpha value is -3.74. The molecule has 0 aliphatic heterocycles. The minimum absolute atomic E-state index is 0.119. The van der Waals surface area contributed by atoms with Gasteiger partial charge in [0.25, 0.3) is 5.91 Å².